The topological polar surface area (TPSA) is 38.3 Å². The minimum atomic E-state index is -0.465. The predicted molar refractivity (Wildman–Crippen MR) is 86.2 cm³/mol. The van der Waals surface area contributed by atoms with Crippen LogP contribution in [0, 0.1) is 5.82 Å². The summed E-state index contributed by atoms with van der Waals surface area (Å²) < 4.78 is 18.8. The quantitative estimate of drug-likeness (QED) is 0.645. The van der Waals surface area contributed by atoms with Crippen molar-refractivity contribution in [2.75, 3.05) is 11.9 Å². The van der Waals surface area contributed by atoms with Crippen LogP contribution in [0.2, 0.25) is 0 Å². The lowest BCUT2D eigenvalue weighted by Gasteiger charge is -2.04. The van der Waals surface area contributed by atoms with Gasteiger partial charge in [-0.15, -0.1) is 0 Å². The molecule has 0 bridgehead atoms. The normalized spacial score (nSPS) is 10.4. The first-order valence-electron chi connectivity index (χ1n) is 6.76. The lowest BCUT2D eigenvalue weighted by atomic mass is 10.2. The highest BCUT2D eigenvalue weighted by Crippen LogP contribution is 2.14. The van der Waals surface area contributed by atoms with Crippen molar-refractivity contribution in [3.05, 3.63) is 78.6 Å². The number of hydrogen-bond donors (Lipinski definition) is 1. The number of ether oxygens (including phenoxy) is 1. The van der Waals surface area contributed by atoms with E-state index in [1.807, 2.05) is 12.1 Å². The maximum Gasteiger partial charge on any atom is 0.248 e. The third kappa shape index (κ3) is 4.59. The third-order valence-electron chi connectivity index (χ3n) is 2.81. The number of hydrogen-bond acceptors (Lipinski definition) is 2. The number of benzene rings is 2. The van der Waals surface area contributed by atoms with Gasteiger partial charge in [-0.2, -0.15) is 0 Å². The summed E-state index contributed by atoms with van der Waals surface area (Å²) in [5, 5.41) is 2.48. The summed E-state index contributed by atoms with van der Waals surface area (Å²) in [5.74, 6) is -0.127. The average Bonchev–Trinajstić information content (AvgIpc) is 2.54. The van der Waals surface area contributed by atoms with Gasteiger partial charge >= 0.3 is 0 Å². The maximum absolute atomic E-state index is 13.4. The van der Waals surface area contributed by atoms with Crippen molar-refractivity contribution in [3.8, 4) is 5.75 Å². The third-order valence-corrected chi connectivity index (χ3v) is 2.81. The van der Waals surface area contributed by atoms with Gasteiger partial charge in [0.05, 0.1) is 5.69 Å². The summed E-state index contributed by atoms with van der Waals surface area (Å²) in [4.78, 5) is 11.7. The number of carbonyl (C=O) groups excluding carboxylic acids is 1. The van der Waals surface area contributed by atoms with Crippen LogP contribution < -0.4 is 10.1 Å². The Labute approximate surface area is 128 Å². The number of nitrogens with one attached hydrogen (secondary N) is 1. The van der Waals surface area contributed by atoms with Gasteiger partial charge in [0, 0.05) is 6.08 Å². The van der Waals surface area contributed by atoms with Crippen LogP contribution in [-0.4, -0.2) is 12.5 Å². The fraction of sp³-hybridized carbons (Fsp3) is 0.0556. The summed E-state index contributed by atoms with van der Waals surface area (Å²) in [7, 11) is 0. The number of anilines is 1. The van der Waals surface area contributed by atoms with E-state index in [2.05, 4.69) is 11.9 Å². The molecule has 112 valence electrons. The van der Waals surface area contributed by atoms with E-state index in [1.54, 1.807) is 36.4 Å². The van der Waals surface area contributed by atoms with Gasteiger partial charge in [0.25, 0.3) is 0 Å². The average molecular weight is 297 g/mol. The Bertz CT molecular complexity index is 678. The van der Waals surface area contributed by atoms with Crippen LogP contribution in [0.5, 0.6) is 5.75 Å². The molecule has 0 aliphatic rings. The second-order valence-electron chi connectivity index (χ2n) is 4.47. The van der Waals surface area contributed by atoms with E-state index in [9.17, 15) is 9.18 Å². The number of halogens is 1. The van der Waals surface area contributed by atoms with Crippen molar-refractivity contribution < 1.29 is 13.9 Å². The molecule has 0 saturated carbocycles. The van der Waals surface area contributed by atoms with Crippen LogP contribution in [0.15, 0.2) is 67.3 Å². The molecular formula is C18H16FNO2. The van der Waals surface area contributed by atoms with E-state index >= 15 is 0 Å². The summed E-state index contributed by atoms with van der Waals surface area (Å²) in [6.45, 7) is 4.02. The predicted octanol–water partition coefficient (Wildman–Crippen LogP) is 4.04. The SMILES string of the molecule is C=CCOc1ccc(/C=C/C(=O)Nc2ccccc2F)cc1. The molecule has 0 atom stereocenters. The van der Waals surface area contributed by atoms with Gasteiger partial charge in [0.2, 0.25) is 5.91 Å². The van der Waals surface area contributed by atoms with E-state index in [0.29, 0.717) is 6.61 Å². The van der Waals surface area contributed by atoms with Gasteiger partial charge in [-0.25, -0.2) is 4.39 Å². The Hall–Kier alpha value is -2.88. The Morgan fingerprint density at radius 3 is 2.59 bits per heavy atom. The van der Waals surface area contributed by atoms with Crippen LogP contribution >= 0.6 is 0 Å². The molecular weight excluding hydrogens is 281 g/mol. The molecule has 0 unspecified atom stereocenters. The molecule has 0 fully saturated rings. The van der Waals surface area contributed by atoms with Crippen molar-refractivity contribution in [1.82, 2.24) is 0 Å². The second-order valence-corrected chi connectivity index (χ2v) is 4.47. The number of para-hydroxylation sites is 1. The fourth-order valence-corrected chi connectivity index (χ4v) is 1.74. The Morgan fingerprint density at radius 1 is 1.18 bits per heavy atom. The first-order valence-corrected chi connectivity index (χ1v) is 6.76. The van der Waals surface area contributed by atoms with E-state index in [-0.39, 0.29) is 5.69 Å². The van der Waals surface area contributed by atoms with Gasteiger partial charge in [0.1, 0.15) is 18.2 Å². The molecule has 0 heterocycles. The minimum absolute atomic E-state index is 0.158. The van der Waals surface area contributed by atoms with Crippen LogP contribution in [0.4, 0.5) is 10.1 Å². The highest BCUT2D eigenvalue weighted by Gasteiger charge is 2.02. The standard InChI is InChI=1S/C18H16FNO2/c1-2-13-22-15-10-7-14(8-11-15)9-12-18(21)20-17-6-4-3-5-16(17)19/h2-12H,1,13H2,(H,20,21)/b12-9+. The fourth-order valence-electron chi connectivity index (χ4n) is 1.74. The largest absolute Gasteiger partial charge is 0.490 e. The van der Waals surface area contributed by atoms with E-state index in [1.165, 1.54) is 18.2 Å². The number of carbonyl (C=O) groups is 1. The lowest BCUT2D eigenvalue weighted by molar-refractivity contribution is -0.111. The lowest BCUT2D eigenvalue weighted by Crippen LogP contribution is -2.08. The van der Waals surface area contributed by atoms with Crippen molar-refractivity contribution in [2.24, 2.45) is 0 Å². The first kappa shape index (κ1) is 15.5. The summed E-state index contributed by atoms with van der Waals surface area (Å²) in [5.41, 5.74) is 1.000. The monoisotopic (exact) mass is 297 g/mol. The molecule has 0 spiro atoms. The van der Waals surface area contributed by atoms with Crippen LogP contribution in [0.25, 0.3) is 6.08 Å². The molecule has 1 N–H and O–H groups in total. The van der Waals surface area contributed by atoms with Crippen molar-refractivity contribution >= 4 is 17.7 Å². The zero-order chi connectivity index (χ0) is 15.8. The molecule has 2 rings (SSSR count). The molecule has 0 saturated heterocycles. The molecule has 22 heavy (non-hydrogen) atoms. The minimum Gasteiger partial charge on any atom is -0.490 e. The number of rotatable bonds is 6. The van der Waals surface area contributed by atoms with Crippen molar-refractivity contribution in [2.45, 2.75) is 0 Å². The molecule has 2 aromatic rings. The van der Waals surface area contributed by atoms with Gasteiger partial charge in [-0.3, -0.25) is 4.79 Å². The molecule has 0 aliphatic heterocycles. The highest BCUT2D eigenvalue weighted by atomic mass is 19.1. The molecule has 1 amide bonds. The Morgan fingerprint density at radius 2 is 1.91 bits per heavy atom. The summed E-state index contributed by atoms with van der Waals surface area (Å²) in [6.07, 6.45) is 4.67. The van der Waals surface area contributed by atoms with Crippen LogP contribution in [0.3, 0.4) is 0 Å². The zero-order valence-electron chi connectivity index (χ0n) is 12.0. The van der Waals surface area contributed by atoms with E-state index < -0.39 is 11.7 Å². The Kier molecular flexibility index (Phi) is 5.49. The van der Waals surface area contributed by atoms with E-state index in [0.717, 1.165) is 11.3 Å². The van der Waals surface area contributed by atoms with Gasteiger partial charge < -0.3 is 10.1 Å². The summed E-state index contributed by atoms with van der Waals surface area (Å²) >= 11 is 0. The molecule has 0 aliphatic carbocycles. The zero-order valence-corrected chi connectivity index (χ0v) is 12.0. The van der Waals surface area contributed by atoms with E-state index in [4.69, 9.17) is 4.74 Å². The highest BCUT2D eigenvalue weighted by molar-refractivity contribution is 6.01. The molecule has 4 heteroatoms. The Balaban J connectivity index is 1.95. The first-order chi connectivity index (χ1) is 10.7. The van der Waals surface area contributed by atoms with Crippen LogP contribution in [-0.2, 0) is 4.79 Å². The molecule has 0 aromatic heterocycles. The van der Waals surface area contributed by atoms with Gasteiger partial charge in [-0.05, 0) is 35.9 Å². The molecule has 2 aromatic carbocycles. The van der Waals surface area contributed by atoms with Crippen LogP contribution in [0.1, 0.15) is 5.56 Å². The van der Waals surface area contributed by atoms with Crippen molar-refractivity contribution in [3.63, 3.8) is 0 Å². The molecule has 3 nitrogen and oxygen atoms in total. The van der Waals surface area contributed by atoms with Gasteiger partial charge in [-0.1, -0.05) is 36.9 Å². The smallest absolute Gasteiger partial charge is 0.248 e. The maximum atomic E-state index is 13.4. The number of amides is 1. The molecule has 0 radical (unpaired) electrons. The summed E-state index contributed by atoms with van der Waals surface area (Å²) in [6, 6.07) is 13.3. The van der Waals surface area contributed by atoms with Crippen molar-refractivity contribution in [1.29, 1.82) is 0 Å². The second kappa shape index (κ2) is 7.78. The van der Waals surface area contributed by atoms with Gasteiger partial charge in [0.15, 0.2) is 0 Å².